The second kappa shape index (κ2) is 10.7. The van der Waals surface area contributed by atoms with Crippen LogP contribution in [0.4, 0.5) is 0 Å². The van der Waals surface area contributed by atoms with E-state index >= 15 is 0 Å². The van der Waals surface area contributed by atoms with Gasteiger partial charge in [-0.1, -0.05) is 40.0 Å². The Morgan fingerprint density at radius 2 is 1.42 bits per heavy atom. The molecule has 0 N–H and O–H groups in total. The van der Waals surface area contributed by atoms with Crippen molar-refractivity contribution < 1.29 is 4.84 Å². The molecule has 1 fully saturated rings. The average molecular weight is 343 g/mol. The molecule has 0 aromatic heterocycles. The van der Waals surface area contributed by atoms with E-state index in [9.17, 15) is 0 Å². The van der Waals surface area contributed by atoms with Gasteiger partial charge in [-0.05, 0) is 58.9 Å². The zero-order chi connectivity index (χ0) is 18.2. The lowest BCUT2D eigenvalue weighted by molar-refractivity contribution is -0.522. The molecular formula is C19H42N4O. The fraction of sp³-hybridized carbons (Fsp3) is 1.00. The molecule has 0 aromatic carbocycles. The van der Waals surface area contributed by atoms with Crippen LogP contribution in [-0.2, 0) is 4.84 Å². The van der Waals surface area contributed by atoms with Gasteiger partial charge >= 0.3 is 0 Å². The molecule has 1 heterocycles. The number of likely N-dealkylation sites (N-methyl/N-ethyl adjacent to an activating group) is 1. The van der Waals surface area contributed by atoms with Crippen LogP contribution < -0.4 is 0 Å². The molecule has 0 unspecified atom stereocenters. The molecule has 24 heavy (non-hydrogen) atoms. The first-order chi connectivity index (χ1) is 11.4. The van der Waals surface area contributed by atoms with Crippen LogP contribution in [0, 0.1) is 0 Å². The normalized spacial score (nSPS) is 18.5. The molecule has 0 aromatic rings. The van der Waals surface area contributed by atoms with E-state index in [1.54, 1.807) is 0 Å². The van der Waals surface area contributed by atoms with E-state index in [1.165, 1.54) is 38.5 Å². The van der Waals surface area contributed by atoms with E-state index in [1.807, 2.05) is 0 Å². The third kappa shape index (κ3) is 6.60. The summed E-state index contributed by atoms with van der Waals surface area (Å²) in [6, 6.07) is 0. The second-order valence-corrected chi connectivity index (χ2v) is 7.86. The van der Waals surface area contributed by atoms with E-state index in [-0.39, 0.29) is 5.60 Å². The van der Waals surface area contributed by atoms with Crippen LogP contribution in [0.15, 0.2) is 0 Å². The van der Waals surface area contributed by atoms with E-state index in [0.29, 0.717) is 6.17 Å². The average Bonchev–Trinajstić information content (AvgIpc) is 2.52. The van der Waals surface area contributed by atoms with Crippen LogP contribution in [0.3, 0.4) is 0 Å². The van der Waals surface area contributed by atoms with Gasteiger partial charge in [-0.3, -0.25) is 4.84 Å². The molecular weight excluding hydrogens is 300 g/mol. The molecule has 0 radical (unpaired) electrons. The molecule has 1 aliphatic rings. The minimum Gasteiger partial charge on any atom is -0.303 e. The predicted molar refractivity (Wildman–Crippen MR) is 102 cm³/mol. The molecule has 1 rings (SSSR count). The van der Waals surface area contributed by atoms with Gasteiger partial charge < -0.3 is 4.90 Å². The van der Waals surface area contributed by atoms with Crippen molar-refractivity contribution in [3.8, 4) is 0 Å². The lowest BCUT2D eigenvalue weighted by Crippen LogP contribution is -2.74. The van der Waals surface area contributed by atoms with E-state index < -0.39 is 0 Å². The van der Waals surface area contributed by atoms with Crippen LogP contribution in [0.2, 0.25) is 0 Å². The van der Waals surface area contributed by atoms with Gasteiger partial charge in [0.2, 0.25) is 0 Å². The van der Waals surface area contributed by atoms with Crippen molar-refractivity contribution in [2.75, 3.05) is 33.2 Å². The summed E-state index contributed by atoms with van der Waals surface area (Å²) >= 11 is 0. The zero-order valence-corrected chi connectivity index (χ0v) is 17.3. The summed E-state index contributed by atoms with van der Waals surface area (Å²) in [6.45, 7) is 17.7. The first-order valence-electron chi connectivity index (χ1n) is 10.1. The van der Waals surface area contributed by atoms with Gasteiger partial charge in [0.15, 0.2) is 0 Å². The Balaban J connectivity index is 2.62. The van der Waals surface area contributed by atoms with Crippen LogP contribution in [0.25, 0.3) is 0 Å². The summed E-state index contributed by atoms with van der Waals surface area (Å²) in [4.78, 5) is 8.85. The maximum absolute atomic E-state index is 6.46. The molecule has 5 heteroatoms. The number of hydrogen-bond donors (Lipinski definition) is 0. The van der Waals surface area contributed by atoms with Crippen molar-refractivity contribution in [2.45, 2.75) is 91.8 Å². The summed E-state index contributed by atoms with van der Waals surface area (Å²) in [5.41, 5.74) is -0.197. The second-order valence-electron chi connectivity index (χ2n) is 7.86. The Morgan fingerprint density at radius 3 is 1.88 bits per heavy atom. The highest BCUT2D eigenvalue weighted by Gasteiger charge is 2.44. The van der Waals surface area contributed by atoms with E-state index in [0.717, 1.165) is 26.2 Å². The first-order valence-corrected chi connectivity index (χ1v) is 10.1. The smallest absolute Gasteiger partial charge is 0.100 e. The largest absolute Gasteiger partial charge is 0.303 e. The molecule has 0 aliphatic carbocycles. The fourth-order valence-electron chi connectivity index (χ4n) is 3.24. The molecule has 0 spiro atoms. The standard InChI is InChI=1S/C19H42N4O/c1-8-11-14-20(7)17-19(5,6)24-23-21(15-12-9-2)18(4)22(23)16-13-10-3/h18H,8-17H2,1-7H3. The zero-order valence-electron chi connectivity index (χ0n) is 17.3. The summed E-state index contributed by atoms with van der Waals surface area (Å²) in [5.74, 6) is 0. The minimum absolute atomic E-state index is 0.197. The summed E-state index contributed by atoms with van der Waals surface area (Å²) in [6.07, 6.45) is 7.79. The molecule has 0 atom stereocenters. The Bertz CT molecular complexity index is 321. The molecule has 1 saturated heterocycles. The highest BCUT2D eigenvalue weighted by molar-refractivity contribution is 4.77. The Hall–Kier alpha value is -0.200. The lowest BCUT2D eigenvalue weighted by atomic mass is 10.1. The van der Waals surface area contributed by atoms with Gasteiger partial charge in [-0.25, -0.2) is 0 Å². The number of hydrazine groups is 2. The third-order valence-electron chi connectivity index (χ3n) is 4.66. The molecule has 0 saturated carbocycles. The van der Waals surface area contributed by atoms with Crippen molar-refractivity contribution in [1.82, 2.24) is 20.2 Å². The first kappa shape index (κ1) is 21.8. The van der Waals surface area contributed by atoms with E-state index in [4.69, 9.17) is 4.84 Å². The maximum atomic E-state index is 6.46. The Kier molecular flexibility index (Phi) is 9.75. The maximum Gasteiger partial charge on any atom is 0.100 e. The third-order valence-corrected chi connectivity index (χ3v) is 4.66. The molecule has 5 nitrogen and oxygen atoms in total. The topological polar surface area (TPSA) is 22.2 Å². The van der Waals surface area contributed by atoms with Crippen molar-refractivity contribution in [1.29, 1.82) is 0 Å². The number of hydrogen-bond acceptors (Lipinski definition) is 5. The van der Waals surface area contributed by atoms with E-state index in [2.05, 4.69) is 68.8 Å². The van der Waals surface area contributed by atoms with Crippen LogP contribution in [-0.4, -0.2) is 65.2 Å². The van der Waals surface area contributed by atoms with Crippen molar-refractivity contribution in [2.24, 2.45) is 0 Å². The lowest BCUT2D eigenvalue weighted by Gasteiger charge is -2.58. The van der Waals surface area contributed by atoms with Crippen LogP contribution in [0.1, 0.15) is 80.1 Å². The summed E-state index contributed by atoms with van der Waals surface area (Å²) < 4.78 is 0. The highest BCUT2D eigenvalue weighted by atomic mass is 16.8. The number of rotatable bonds is 13. The Morgan fingerprint density at radius 1 is 0.917 bits per heavy atom. The van der Waals surface area contributed by atoms with Crippen LogP contribution in [0.5, 0.6) is 0 Å². The highest BCUT2D eigenvalue weighted by Crippen LogP contribution is 2.29. The SMILES string of the molecule is CCCCN(C)CC(C)(C)ON1N(CCCC)C(C)N1CCCC. The predicted octanol–water partition coefficient (Wildman–Crippen LogP) is 4.12. The number of nitrogens with zero attached hydrogens (tertiary/aromatic N) is 4. The Labute approximate surface area is 150 Å². The minimum atomic E-state index is -0.197. The summed E-state index contributed by atoms with van der Waals surface area (Å²) in [7, 11) is 2.20. The van der Waals surface area contributed by atoms with Gasteiger partial charge in [0.1, 0.15) is 5.60 Å². The molecule has 0 bridgehead atoms. The van der Waals surface area contributed by atoms with Gasteiger partial charge in [0, 0.05) is 19.6 Å². The van der Waals surface area contributed by atoms with Crippen LogP contribution >= 0.6 is 0 Å². The van der Waals surface area contributed by atoms with Crippen molar-refractivity contribution in [3.05, 3.63) is 0 Å². The summed E-state index contributed by atoms with van der Waals surface area (Å²) in [5, 5.41) is 6.80. The van der Waals surface area contributed by atoms with Gasteiger partial charge in [-0.2, -0.15) is 10.0 Å². The fourth-order valence-corrected chi connectivity index (χ4v) is 3.24. The van der Waals surface area contributed by atoms with Gasteiger partial charge in [0.05, 0.1) is 6.17 Å². The quantitative estimate of drug-likeness (QED) is 0.501. The monoisotopic (exact) mass is 342 g/mol. The molecule has 144 valence electrons. The molecule has 0 amide bonds. The van der Waals surface area contributed by atoms with Gasteiger partial charge in [-0.15, -0.1) is 0 Å². The van der Waals surface area contributed by atoms with Gasteiger partial charge in [0.25, 0.3) is 0 Å². The van der Waals surface area contributed by atoms with Crippen molar-refractivity contribution in [3.63, 3.8) is 0 Å². The number of unbranched alkanes of at least 4 members (excludes halogenated alkanes) is 3. The van der Waals surface area contributed by atoms with Crippen molar-refractivity contribution >= 4 is 0 Å². The molecule has 1 aliphatic heterocycles.